The number of urea groups is 1. The first-order valence-electron chi connectivity index (χ1n) is 8.00. The summed E-state index contributed by atoms with van der Waals surface area (Å²) in [5, 5.41) is 13.4. The molecule has 0 aliphatic heterocycles. The Morgan fingerprint density at radius 3 is 2.87 bits per heavy atom. The first-order valence-corrected chi connectivity index (χ1v) is 8.38. The van der Waals surface area contributed by atoms with Gasteiger partial charge in [-0.25, -0.2) is 4.79 Å². The van der Waals surface area contributed by atoms with Gasteiger partial charge in [-0.05, 0) is 37.0 Å². The molecule has 1 fully saturated rings. The fourth-order valence-corrected chi connectivity index (χ4v) is 3.23. The lowest BCUT2D eigenvalue weighted by molar-refractivity contribution is 0.114. The molecule has 5 nitrogen and oxygen atoms in total. The van der Waals surface area contributed by atoms with Gasteiger partial charge in [0, 0.05) is 31.1 Å². The lowest BCUT2D eigenvalue weighted by Crippen LogP contribution is -2.41. The molecular weight excluding hydrogens is 316 g/mol. The van der Waals surface area contributed by atoms with E-state index in [2.05, 4.69) is 5.32 Å². The van der Waals surface area contributed by atoms with Gasteiger partial charge in [0.15, 0.2) is 0 Å². The molecule has 1 aromatic carbocycles. The molecule has 2 atom stereocenters. The minimum Gasteiger partial charge on any atom is -0.497 e. The number of amides is 2. The van der Waals surface area contributed by atoms with Crippen LogP contribution in [0.2, 0.25) is 5.02 Å². The van der Waals surface area contributed by atoms with Crippen LogP contribution in [-0.4, -0.2) is 49.4 Å². The third-order valence-corrected chi connectivity index (χ3v) is 4.76. The van der Waals surface area contributed by atoms with Gasteiger partial charge in [0.25, 0.3) is 0 Å². The topological polar surface area (TPSA) is 61.8 Å². The number of ether oxygens (including phenoxy) is 1. The van der Waals surface area contributed by atoms with Crippen molar-refractivity contribution in [1.82, 2.24) is 10.2 Å². The quantitative estimate of drug-likeness (QED) is 0.837. The number of methoxy groups -OCH3 is 1. The van der Waals surface area contributed by atoms with Crippen LogP contribution in [0.4, 0.5) is 4.79 Å². The summed E-state index contributed by atoms with van der Waals surface area (Å²) in [4.78, 5) is 13.7. The van der Waals surface area contributed by atoms with Crippen molar-refractivity contribution in [1.29, 1.82) is 0 Å². The van der Waals surface area contributed by atoms with E-state index >= 15 is 0 Å². The Labute approximate surface area is 142 Å². The van der Waals surface area contributed by atoms with E-state index in [1.165, 1.54) is 0 Å². The molecule has 0 saturated heterocycles. The van der Waals surface area contributed by atoms with E-state index < -0.39 is 0 Å². The minimum atomic E-state index is -0.275. The molecule has 0 aromatic heterocycles. The maximum Gasteiger partial charge on any atom is 0.317 e. The third-order valence-electron chi connectivity index (χ3n) is 4.40. The molecule has 1 aromatic rings. The minimum absolute atomic E-state index is 0.117. The number of carbonyl (C=O) groups is 1. The molecule has 23 heavy (non-hydrogen) atoms. The van der Waals surface area contributed by atoms with Crippen molar-refractivity contribution < 1.29 is 14.6 Å². The van der Waals surface area contributed by atoms with Gasteiger partial charge in [0.2, 0.25) is 0 Å². The van der Waals surface area contributed by atoms with E-state index in [-0.39, 0.29) is 18.1 Å². The average Bonchev–Trinajstić information content (AvgIpc) is 2.93. The summed E-state index contributed by atoms with van der Waals surface area (Å²) in [7, 11) is 3.36. The van der Waals surface area contributed by atoms with Gasteiger partial charge in [0.1, 0.15) is 5.75 Å². The van der Waals surface area contributed by atoms with Crippen LogP contribution in [-0.2, 0) is 6.42 Å². The molecule has 2 N–H and O–H groups in total. The smallest absolute Gasteiger partial charge is 0.317 e. The zero-order valence-electron chi connectivity index (χ0n) is 13.7. The van der Waals surface area contributed by atoms with Crippen LogP contribution in [0.1, 0.15) is 24.8 Å². The number of nitrogens with zero attached hydrogens (tertiary/aromatic N) is 1. The van der Waals surface area contributed by atoms with Crippen molar-refractivity contribution in [2.75, 3.05) is 27.2 Å². The maximum atomic E-state index is 12.1. The van der Waals surface area contributed by atoms with Crippen LogP contribution >= 0.6 is 11.6 Å². The van der Waals surface area contributed by atoms with E-state index in [4.69, 9.17) is 16.3 Å². The number of aliphatic hydroxyl groups is 1. The molecule has 0 heterocycles. The summed E-state index contributed by atoms with van der Waals surface area (Å²) in [6, 6.07) is 5.42. The molecule has 1 aliphatic carbocycles. The Hall–Kier alpha value is -1.46. The van der Waals surface area contributed by atoms with Gasteiger partial charge < -0.3 is 20.1 Å². The second-order valence-corrected chi connectivity index (χ2v) is 6.49. The Kier molecular flexibility index (Phi) is 6.54. The number of benzene rings is 1. The second-order valence-electron chi connectivity index (χ2n) is 6.08. The highest BCUT2D eigenvalue weighted by Gasteiger charge is 2.27. The number of carbonyl (C=O) groups excluding carboxylic acids is 1. The number of nitrogens with one attached hydrogen (secondary N) is 1. The van der Waals surface area contributed by atoms with Crippen molar-refractivity contribution in [3.63, 3.8) is 0 Å². The lowest BCUT2D eigenvalue weighted by atomic mass is 10.1. The van der Waals surface area contributed by atoms with Crippen LogP contribution < -0.4 is 10.1 Å². The Bertz CT molecular complexity index is 539. The number of halogens is 1. The van der Waals surface area contributed by atoms with E-state index in [0.29, 0.717) is 24.5 Å². The summed E-state index contributed by atoms with van der Waals surface area (Å²) in [6.45, 7) is 1.11. The van der Waals surface area contributed by atoms with E-state index in [1.807, 2.05) is 12.1 Å². The van der Waals surface area contributed by atoms with Crippen molar-refractivity contribution in [3.05, 3.63) is 28.8 Å². The molecule has 0 radical (unpaired) electrons. The summed E-state index contributed by atoms with van der Waals surface area (Å²) >= 11 is 6.18. The van der Waals surface area contributed by atoms with Gasteiger partial charge in [-0.1, -0.05) is 24.1 Å². The highest BCUT2D eigenvalue weighted by atomic mass is 35.5. The highest BCUT2D eigenvalue weighted by Crippen LogP contribution is 2.26. The number of rotatable bonds is 6. The first kappa shape index (κ1) is 17.9. The SMILES string of the molecule is COc1ccc(CCNC(=O)N(C)CC2CCCC2O)c(Cl)c1. The summed E-state index contributed by atoms with van der Waals surface area (Å²) in [5.74, 6) is 0.916. The molecule has 0 spiro atoms. The standard InChI is InChI=1S/C17H25ClN2O3/c1-20(11-13-4-3-5-16(13)21)17(22)19-9-8-12-6-7-14(23-2)10-15(12)18/h6-7,10,13,16,21H,3-5,8-9,11H2,1-2H3,(H,19,22). The first-order chi connectivity index (χ1) is 11.0. The van der Waals surface area contributed by atoms with E-state index in [9.17, 15) is 9.90 Å². The Morgan fingerprint density at radius 1 is 1.48 bits per heavy atom. The third kappa shape index (κ3) is 5.01. The van der Waals surface area contributed by atoms with Gasteiger partial charge in [-0.15, -0.1) is 0 Å². The molecule has 0 bridgehead atoms. The van der Waals surface area contributed by atoms with Crippen molar-refractivity contribution in [2.45, 2.75) is 31.8 Å². The fourth-order valence-electron chi connectivity index (χ4n) is 2.96. The molecule has 6 heteroatoms. The van der Waals surface area contributed by atoms with E-state index in [0.717, 1.165) is 30.6 Å². The highest BCUT2D eigenvalue weighted by molar-refractivity contribution is 6.31. The van der Waals surface area contributed by atoms with Crippen LogP contribution in [0.3, 0.4) is 0 Å². The summed E-state index contributed by atoms with van der Waals surface area (Å²) in [6.07, 6.45) is 3.26. The Morgan fingerprint density at radius 2 is 2.26 bits per heavy atom. The summed E-state index contributed by atoms with van der Waals surface area (Å²) < 4.78 is 5.11. The van der Waals surface area contributed by atoms with Gasteiger partial charge in [0.05, 0.1) is 13.2 Å². The predicted molar refractivity (Wildman–Crippen MR) is 91.1 cm³/mol. The molecule has 1 saturated carbocycles. The van der Waals surface area contributed by atoms with E-state index in [1.54, 1.807) is 25.1 Å². The van der Waals surface area contributed by atoms with Crippen LogP contribution in [0.5, 0.6) is 5.75 Å². The zero-order valence-corrected chi connectivity index (χ0v) is 14.5. The normalized spacial score (nSPS) is 20.3. The van der Waals surface area contributed by atoms with Crippen LogP contribution in [0.15, 0.2) is 18.2 Å². The van der Waals surface area contributed by atoms with Crippen molar-refractivity contribution in [3.8, 4) is 5.75 Å². The zero-order chi connectivity index (χ0) is 16.8. The Balaban J connectivity index is 1.75. The van der Waals surface area contributed by atoms with Crippen LogP contribution in [0.25, 0.3) is 0 Å². The van der Waals surface area contributed by atoms with Gasteiger partial charge in [-0.2, -0.15) is 0 Å². The maximum absolute atomic E-state index is 12.1. The monoisotopic (exact) mass is 340 g/mol. The molecule has 2 unspecified atom stereocenters. The van der Waals surface area contributed by atoms with Crippen molar-refractivity contribution in [2.24, 2.45) is 5.92 Å². The second kappa shape index (κ2) is 8.41. The number of hydrogen-bond donors (Lipinski definition) is 2. The predicted octanol–water partition coefficient (Wildman–Crippen LogP) is 2.69. The number of aliphatic hydroxyl groups excluding tert-OH is 1. The molecule has 2 rings (SSSR count). The number of hydrogen-bond acceptors (Lipinski definition) is 3. The van der Waals surface area contributed by atoms with Gasteiger partial charge in [-0.3, -0.25) is 0 Å². The molecule has 128 valence electrons. The largest absolute Gasteiger partial charge is 0.497 e. The molecule has 2 amide bonds. The fraction of sp³-hybridized carbons (Fsp3) is 0.588. The van der Waals surface area contributed by atoms with Gasteiger partial charge >= 0.3 is 6.03 Å². The molecular formula is C17H25ClN2O3. The summed E-state index contributed by atoms with van der Waals surface area (Å²) in [5.41, 5.74) is 0.974. The van der Waals surface area contributed by atoms with Crippen molar-refractivity contribution >= 4 is 17.6 Å². The average molecular weight is 341 g/mol. The lowest BCUT2D eigenvalue weighted by Gasteiger charge is -2.23. The van der Waals surface area contributed by atoms with Crippen LogP contribution in [0, 0.1) is 5.92 Å². The molecule has 1 aliphatic rings.